The first-order chi connectivity index (χ1) is 9.83. The van der Waals surface area contributed by atoms with Gasteiger partial charge in [0.25, 0.3) is 15.9 Å². The third-order valence-corrected chi connectivity index (χ3v) is 4.90. The normalized spacial score (nSPS) is 23.0. The molecule has 1 aliphatic heterocycles. The number of furan rings is 1. The summed E-state index contributed by atoms with van der Waals surface area (Å²) in [4.78, 5) is 12.3. The largest absolute Gasteiger partial charge is 0.448 e. The summed E-state index contributed by atoms with van der Waals surface area (Å²) >= 11 is 0. The Hall–Kier alpha value is -1.38. The highest BCUT2D eigenvalue weighted by Crippen LogP contribution is 2.19. The van der Waals surface area contributed by atoms with E-state index in [-0.39, 0.29) is 22.6 Å². The van der Waals surface area contributed by atoms with Crippen LogP contribution in [-0.4, -0.2) is 40.0 Å². The first-order valence-electron chi connectivity index (χ1n) is 6.91. The molecular weight excluding hydrogens is 294 g/mol. The summed E-state index contributed by atoms with van der Waals surface area (Å²) in [5, 5.41) is 6.00. The van der Waals surface area contributed by atoms with Crippen LogP contribution in [0.25, 0.3) is 0 Å². The number of aryl methyl sites for hydroxylation is 1. The second-order valence-corrected chi connectivity index (χ2v) is 7.11. The van der Waals surface area contributed by atoms with Gasteiger partial charge < -0.3 is 15.1 Å². The van der Waals surface area contributed by atoms with E-state index in [1.807, 2.05) is 0 Å². The first-order valence-corrected chi connectivity index (χ1v) is 8.40. The number of sulfonamides is 1. The molecule has 2 unspecified atom stereocenters. The fourth-order valence-electron chi connectivity index (χ4n) is 2.44. The van der Waals surface area contributed by atoms with Crippen molar-refractivity contribution in [2.75, 3.05) is 13.6 Å². The number of nitrogens with one attached hydrogen (secondary N) is 3. The van der Waals surface area contributed by atoms with Crippen molar-refractivity contribution < 1.29 is 17.6 Å². The topological polar surface area (TPSA) is 100 Å². The van der Waals surface area contributed by atoms with Crippen LogP contribution in [0.2, 0.25) is 0 Å². The van der Waals surface area contributed by atoms with Gasteiger partial charge in [0.1, 0.15) is 5.76 Å². The van der Waals surface area contributed by atoms with E-state index in [1.54, 1.807) is 6.92 Å². The summed E-state index contributed by atoms with van der Waals surface area (Å²) in [6.45, 7) is 4.50. The molecule has 0 spiro atoms. The molecule has 7 nitrogen and oxygen atoms in total. The zero-order valence-corrected chi connectivity index (χ0v) is 13.2. The Morgan fingerprint density at radius 2 is 2.19 bits per heavy atom. The molecule has 2 rings (SSSR count). The van der Waals surface area contributed by atoms with Crippen LogP contribution in [0.1, 0.15) is 35.9 Å². The van der Waals surface area contributed by atoms with Gasteiger partial charge in [-0.3, -0.25) is 4.79 Å². The molecule has 1 saturated heterocycles. The maximum atomic E-state index is 12.3. The Kier molecular flexibility index (Phi) is 4.70. The molecule has 3 N–H and O–H groups in total. The molecule has 8 heteroatoms. The van der Waals surface area contributed by atoms with Gasteiger partial charge in [0.2, 0.25) is 5.09 Å². The summed E-state index contributed by atoms with van der Waals surface area (Å²) in [6.07, 6.45) is 1.71. The molecule has 0 bridgehead atoms. The van der Waals surface area contributed by atoms with E-state index < -0.39 is 10.0 Å². The third-order valence-electron chi connectivity index (χ3n) is 3.63. The van der Waals surface area contributed by atoms with Crippen molar-refractivity contribution in [3.8, 4) is 0 Å². The molecule has 2 atom stereocenters. The van der Waals surface area contributed by atoms with Crippen LogP contribution in [0, 0.1) is 6.92 Å². The second-order valence-electron chi connectivity index (χ2n) is 5.29. The minimum atomic E-state index is -3.68. The Labute approximate surface area is 124 Å². The maximum Gasteiger partial charge on any atom is 0.273 e. The Morgan fingerprint density at radius 1 is 1.48 bits per heavy atom. The Balaban J connectivity index is 2.13. The van der Waals surface area contributed by atoms with E-state index >= 15 is 0 Å². The number of rotatable bonds is 4. The molecule has 1 amide bonds. The second kappa shape index (κ2) is 6.17. The van der Waals surface area contributed by atoms with Gasteiger partial charge in [-0.25, -0.2) is 13.1 Å². The van der Waals surface area contributed by atoms with Crippen LogP contribution >= 0.6 is 0 Å². The van der Waals surface area contributed by atoms with Crippen molar-refractivity contribution in [2.24, 2.45) is 0 Å². The summed E-state index contributed by atoms with van der Waals surface area (Å²) in [6, 6.07) is 1.71. The molecule has 1 aromatic rings. The maximum absolute atomic E-state index is 12.3. The molecular formula is C13H21N3O4S. The van der Waals surface area contributed by atoms with Gasteiger partial charge in [0.15, 0.2) is 0 Å². The van der Waals surface area contributed by atoms with Crippen molar-refractivity contribution in [1.29, 1.82) is 0 Å². The highest BCUT2D eigenvalue weighted by molar-refractivity contribution is 7.89. The van der Waals surface area contributed by atoms with Gasteiger partial charge in [-0.2, -0.15) is 0 Å². The molecule has 2 heterocycles. The summed E-state index contributed by atoms with van der Waals surface area (Å²) in [7, 11) is -2.39. The van der Waals surface area contributed by atoms with Gasteiger partial charge in [0, 0.05) is 18.2 Å². The van der Waals surface area contributed by atoms with Gasteiger partial charge in [0.05, 0.1) is 5.56 Å². The minimum Gasteiger partial charge on any atom is -0.448 e. The van der Waals surface area contributed by atoms with Crippen molar-refractivity contribution in [3.05, 3.63) is 17.4 Å². The number of hydrogen-bond acceptors (Lipinski definition) is 5. The number of hydrogen-bond donors (Lipinski definition) is 3. The Morgan fingerprint density at radius 3 is 2.81 bits per heavy atom. The van der Waals surface area contributed by atoms with E-state index in [1.165, 1.54) is 13.1 Å². The summed E-state index contributed by atoms with van der Waals surface area (Å²) in [5.74, 6) is -0.00351. The lowest BCUT2D eigenvalue weighted by atomic mass is 10.0. The molecule has 1 fully saturated rings. The highest BCUT2D eigenvalue weighted by atomic mass is 32.2. The van der Waals surface area contributed by atoms with Gasteiger partial charge >= 0.3 is 0 Å². The molecule has 0 radical (unpaired) electrons. The lowest BCUT2D eigenvalue weighted by Crippen LogP contribution is -2.46. The predicted octanol–water partition coefficient (Wildman–Crippen LogP) is 0.366. The zero-order valence-electron chi connectivity index (χ0n) is 12.4. The van der Waals surface area contributed by atoms with E-state index in [4.69, 9.17) is 4.42 Å². The van der Waals surface area contributed by atoms with Gasteiger partial charge in [-0.05, 0) is 40.3 Å². The monoisotopic (exact) mass is 315 g/mol. The molecule has 0 aliphatic carbocycles. The van der Waals surface area contributed by atoms with Crippen LogP contribution in [-0.2, 0) is 10.0 Å². The molecule has 118 valence electrons. The van der Waals surface area contributed by atoms with Gasteiger partial charge in [-0.15, -0.1) is 0 Å². The quantitative estimate of drug-likeness (QED) is 0.745. The fraction of sp³-hybridized carbons (Fsp3) is 0.615. The standard InChI is InChI=1S/C13H21N3O4S/c1-8-6-10(4-5-15-8)16-13(17)11-7-12(20-9(11)2)21(18,19)14-3/h7-8,10,14-15H,4-6H2,1-3H3,(H,16,17). The van der Waals surface area contributed by atoms with E-state index in [0.29, 0.717) is 11.8 Å². The number of carbonyl (C=O) groups excluding carboxylic acids is 1. The van der Waals surface area contributed by atoms with Crippen molar-refractivity contribution >= 4 is 15.9 Å². The molecule has 1 aliphatic rings. The summed E-state index contributed by atoms with van der Waals surface area (Å²) < 4.78 is 30.7. The lowest BCUT2D eigenvalue weighted by molar-refractivity contribution is 0.0924. The van der Waals surface area contributed by atoms with E-state index in [9.17, 15) is 13.2 Å². The highest BCUT2D eigenvalue weighted by Gasteiger charge is 2.25. The third kappa shape index (κ3) is 3.63. The SMILES string of the molecule is CNS(=O)(=O)c1cc(C(=O)NC2CCNC(C)C2)c(C)o1. The van der Waals surface area contributed by atoms with Crippen LogP contribution < -0.4 is 15.4 Å². The van der Waals surface area contributed by atoms with Crippen LogP contribution in [0.4, 0.5) is 0 Å². The van der Waals surface area contributed by atoms with Crippen molar-refractivity contribution in [3.63, 3.8) is 0 Å². The lowest BCUT2D eigenvalue weighted by Gasteiger charge is -2.28. The Bertz CT molecular complexity index is 623. The van der Waals surface area contributed by atoms with E-state index in [0.717, 1.165) is 19.4 Å². The van der Waals surface area contributed by atoms with Crippen LogP contribution in [0.15, 0.2) is 15.6 Å². The number of amides is 1. The average Bonchev–Trinajstić information content (AvgIpc) is 2.81. The zero-order chi connectivity index (χ0) is 15.6. The van der Waals surface area contributed by atoms with Gasteiger partial charge in [-0.1, -0.05) is 0 Å². The molecule has 21 heavy (non-hydrogen) atoms. The first kappa shape index (κ1) is 16.0. The molecule has 1 aromatic heterocycles. The fourth-order valence-corrected chi connectivity index (χ4v) is 3.15. The molecule has 0 aromatic carbocycles. The van der Waals surface area contributed by atoms with E-state index in [2.05, 4.69) is 22.3 Å². The van der Waals surface area contributed by atoms with Crippen LogP contribution in [0.3, 0.4) is 0 Å². The van der Waals surface area contributed by atoms with Crippen molar-refractivity contribution in [2.45, 2.75) is 43.9 Å². The van der Waals surface area contributed by atoms with Crippen LogP contribution in [0.5, 0.6) is 0 Å². The number of piperidine rings is 1. The number of carbonyl (C=O) groups is 1. The predicted molar refractivity (Wildman–Crippen MR) is 77.6 cm³/mol. The molecule has 0 saturated carbocycles. The summed E-state index contributed by atoms with van der Waals surface area (Å²) in [5.41, 5.74) is 0.259. The minimum absolute atomic E-state index is 0.0902. The average molecular weight is 315 g/mol. The van der Waals surface area contributed by atoms with Crippen molar-refractivity contribution in [1.82, 2.24) is 15.4 Å². The smallest absolute Gasteiger partial charge is 0.273 e.